The summed E-state index contributed by atoms with van der Waals surface area (Å²) in [6.45, 7) is 2.02. The summed E-state index contributed by atoms with van der Waals surface area (Å²) in [6, 6.07) is 0.946. The van der Waals surface area contributed by atoms with E-state index in [2.05, 4.69) is 0 Å². The molecule has 6 heteroatoms. The Kier molecular flexibility index (Phi) is 3.87. The van der Waals surface area contributed by atoms with Crippen molar-refractivity contribution < 1.29 is 29.6 Å². The summed E-state index contributed by atoms with van der Waals surface area (Å²) in [4.78, 5) is 12.1. The average Bonchev–Trinajstić information content (AvgIpc) is 2.44. The minimum Gasteiger partial charge on any atom is -0.507 e. The highest BCUT2D eigenvalue weighted by Crippen LogP contribution is 2.41. The summed E-state index contributed by atoms with van der Waals surface area (Å²) in [5.74, 6) is -1.86. The second kappa shape index (κ2) is 5.68. The fraction of sp³-hybridized carbons (Fsp3) is 0.562. The lowest BCUT2D eigenvalue weighted by molar-refractivity contribution is -0.0648. The SMILES string of the molecule is CC1CCCC(CC2Cc3c(O)c(O)cc(O)c3C(=O)O2)O1. The molecular weight excluding hydrogens is 288 g/mol. The van der Waals surface area contributed by atoms with Gasteiger partial charge in [0.1, 0.15) is 17.4 Å². The molecule has 0 radical (unpaired) electrons. The van der Waals surface area contributed by atoms with Crippen LogP contribution in [0.2, 0.25) is 0 Å². The van der Waals surface area contributed by atoms with E-state index in [9.17, 15) is 20.1 Å². The van der Waals surface area contributed by atoms with E-state index in [1.54, 1.807) is 0 Å². The first-order chi connectivity index (χ1) is 10.5. The summed E-state index contributed by atoms with van der Waals surface area (Å²) in [5, 5.41) is 29.3. The Labute approximate surface area is 128 Å². The molecule has 0 saturated carbocycles. The monoisotopic (exact) mass is 308 g/mol. The van der Waals surface area contributed by atoms with Crippen molar-refractivity contribution in [3.8, 4) is 17.2 Å². The highest BCUT2D eigenvalue weighted by molar-refractivity contribution is 5.96. The predicted octanol–water partition coefficient (Wildman–Crippen LogP) is 2.23. The van der Waals surface area contributed by atoms with E-state index in [0.717, 1.165) is 25.3 Å². The van der Waals surface area contributed by atoms with E-state index < -0.39 is 17.8 Å². The molecule has 1 aromatic carbocycles. The number of cyclic esters (lactones) is 1. The van der Waals surface area contributed by atoms with Crippen molar-refractivity contribution in [3.05, 3.63) is 17.2 Å². The molecule has 3 rings (SSSR count). The number of esters is 1. The summed E-state index contributed by atoms with van der Waals surface area (Å²) in [5.41, 5.74) is 0.173. The standard InChI is InChI=1S/C16H20O6/c1-8-3-2-4-9(21-8)5-10-6-11-14(16(20)22-10)12(17)7-13(18)15(11)19/h7-10,17-19H,2-6H2,1H3. The van der Waals surface area contributed by atoms with Gasteiger partial charge in [0.2, 0.25) is 0 Å². The molecule has 2 aliphatic rings. The molecule has 3 N–H and O–H groups in total. The van der Waals surface area contributed by atoms with Gasteiger partial charge in [-0.3, -0.25) is 0 Å². The fourth-order valence-corrected chi connectivity index (χ4v) is 3.30. The zero-order valence-electron chi connectivity index (χ0n) is 12.4. The molecule has 0 aliphatic carbocycles. The van der Waals surface area contributed by atoms with E-state index in [1.807, 2.05) is 6.92 Å². The van der Waals surface area contributed by atoms with E-state index in [0.29, 0.717) is 6.42 Å². The van der Waals surface area contributed by atoms with Gasteiger partial charge in [0.25, 0.3) is 0 Å². The number of ether oxygens (including phenoxy) is 2. The summed E-state index contributed by atoms with van der Waals surface area (Å²) in [7, 11) is 0. The molecule has 3 atom stereocenters. The first-order valence-electron chi connectivity index (χ1n) is 7.59. The molecule has 120 valence electrons. The number of phenols is 3. The maximum atomic E-state index is 12.1. The largest absolute Gasteiger partial charge is 0.507 e. The quantitative estimate of drug-likeness (QED) is 0.440. The van der Waals surface area contributed by atoms with Crippen LogP contribution in [0.4, 0.5) is 0 Å². The molecule has 1 aromatic rings. The number of phenolic OH excluding ortho intramolecular Hbond substituents is 3. The van der Waals surface area contributed by atoms with Gasteiger partial charge < -0.3 is 24.8 Å². The number of hydrogen-bond acceptors (Lipinski definition) is 6. The Balaban J connectivity index is 1.80. The molecule has 0 amide bonds. The molecule has 6 nitrogen and oxygen atoms in total. The highest BCUT2D eigenvalue weighted by atomic mass is 16.5. The minimum absolute atomic E-state index is 0.0242. The van der Waals surface area contributed by atoms with E-state index in [4.69, 9.17) is 9.47 Å². The van der Waals surface area contributed by atoms with Crippen molar-refractivity contribution in [2.75, 3.05) is 0 Å². The van der Waals surface area contributed by atoms with Gasteiger partial charge in [-0.2, -0.15) is 0 Å². The molecule has 3 unspecified atom stereocenters. The number of rotatable bonds is 2. The topological polar surface area (TPSA) is 96.2 Å². The number of carbonyl (C=O) groups excluding carboxylic acids is 1. The third kappa shape index (κ3) is 2.70. The molecule has 2 heterocycles. The fourth-order valence-electron chi connectivity index (χ4n) is 3.30. The molecule has 0 aromatic heterocycles. The Hall–Kier alpha value is -1.95. The third-order valence-corrected chi connectivity index (χ3v) is 4.36. The lowest BCUT2D eigenvalue weighted by Gasteiger charge is -2.32. The van der Waals surface area contributed by atoms with Crippen molar-refractivity contribution in [1.82, 2.24) is 0 Å². The first kappa shape index (κ1) is 15.0. The average molecular weight is 308 g/mol. The van der Waals surface area contributed by atoms with Crippen molar-refractivity contribution in [2.45, 2.75) is 57.3 Å². The second-order valence-electron chi connectivity index (χ2n) is 6.08. The van der Waals surface area contributed by atoms with E-state index in [-0.39, 0.29) is 41.3 Å². The van der Waals surface area contributed by atoms with Gasteiger partial charge in [-0.05, 0) is 26.2 Å². The summed E-state index contributed by atoms with van der Waals surface area (Å²) in [6.07, 6.45) is 3.63. The smallest absolute Gasteiger partial charge is 0.342 e. The van der Waals surface area contributed by atoms with E-state index >= 15 is 0 Å². The van der Waals surface area contributed by atoms with Gasteiger partial charge in [-0.15, -0.1) is 0 Å². The van der Waals surface area contributed by atoms with Crippen LogP contribution in [0.1, 0.15) is 48.5 Å². The Morgan fingerprint density at radius 1 is 1.18 bits per heavy atom. The number of aromatic hydroxyl groups is 3. The molecule has 1 fully saturated rings. The molecule has 0 bridgehead atoms. The van der Waals surface area contributed by atoms with Crippen LogP contribution in [0.5, 0.6) is 17.2 Å². The zero-order valence-corrected chi connectivity index (χ0v) is 12.4. The maximum Gasteiger partial charge on any atom is 0.342 e. The Morgan fingerprint density at radius 2 is 1.95 bits per heavy atom. The van der Waals surface area contributed by atoms with E-state index in [1.165, 1.54) is 0 Å². The second-order valence-corrected chi connectivity index (χ2v) is 6.08. The normalized spacial score (nSPS) is 28.0. The predicted molar refractivity (Wildman–Crippen MR) is 77.1 cm³/mol. The van der Waals surface area contributed by atoms with Crippen molar-refractivity contribution >= 4 is 5.97 Å². The van der Waals surface area contributed by atoms with Gasteiger partial charge in [-0.25, -0.2) is 4.79 Å². The highest BCUT2D eigenvalue weighted by Gasteiger charge is 2.34. The van der Waals surface area contributed by atoms with Crippen LogP contribution in [0, 0.1) is 0 Å². The van der Waals surface area contributed by atoms with Gasteiger partial charge in [-0.1, -0.05) is 0 Å². The number of hydrogen-bond donors (Lipinski definition) is 3. The van der Waals surface area contributed by atoms with Crippen LogP contribution >= 0.6 is 0 Å². The number of benzene rings is 1. The van der Waals surface area contributed by atoms with Crippen LogP contribution in [0.3, 0.4) is 0 Å². The first-order valence-corrected chi connectivity index (χ1v) is 7.59. The molecule has 1 saturated heterocycles. The lowest BCUT2D eigenvalue weighted by atomic mass is 9.92. The van der Waals surface area contributed by atoms with Crippen molar-refractivity contribution in [2.24, 2.45) is 0 Å². The van der Waals surface area contributed by atoms with Crippen LogP contribution in [0.15, 0.2) is 6.07 Å². The lowest BCUT2D eigenvalue weighted by Crippen LogP contribution is -2.34. The molecule has 2 aliphatic heterocycles. The summed E-state index contributed by atoms with van der Waals surface area (Å²) < 4.78 is 11.2. The van der Waals surface area contributed by atoms with Gasteiger partial charge in [0.05, 0.1) is 12.2 Å². The van der Waals surface area contributed by atoms with Crippen LogP contribution < -0.4 is 0 Å². The van der Waals surface area contributed by atoms with Gasteiger partial charge >= 0.3 is 5.97 Å². The summed E-state index contributed by atoms with van der Waals surface area (Å²) >= 11 is 0. The number of carbonyl (C=O) groups is 1. The third-order valence-electron chi connectivity index (χ3n) is 4.36. The van der Waals surface area contributed by atoms with Crippen LogP contribution in [0.25, 0.3) is 0 Å². The number of fused-ring (bicyclic) bond motifs is 1. The van der Waals surface area contributed by atoms with Gasteiger partial charge in [0, 0.05) is 24.5 Å². The molecule has 0 spiro atoms. The van der Waals surface area contributed by atoms with Crippen molar-refractivity contribution in [1.29, 1.82) is 0 Å². The molecular formula is C16H20O6. The minimum atomic E-state index is -0.678. The van der Waals surface area contributed by atoms with Crippen molar-refractivity contribution in [3.63, 3.8) is 0 Å². The Bertz CT molecular complexity index is 597. The maximum absolute atomic E-state index is 12.1. The van der Waals surface area contributed by atoms with Crippen LogP contribution in [-0.2, 0) is 15.9 Å². The Morgan fingerprint density at radius 3 is 2.68 bits per heavy atom. The zero-order chi connectivity index (χ0) is 15.9. The van der Waals surface area contributed by atoms with Gasteiger partial charge in [0.15, 0.2) is 11.5 Å². The molecule has 22 heavy (non-hydrogen) atoms. The van der Waals surface area contributed by atoms with Crippen LogP contribution in [-0.4, -0.2) is 39.6 Å².